The molecule has 1 rings (SSSR count). The molecule has 0 aromatic heterocycles. The number of rotatable bonds is 39. The number of aromatic hydroxyl groups is 1. The van der Waals surface area contributed by atoms with Gasteiger partial charge in [-0.05, 0) is 76.6 Å². The van der Waals surface area contributed by atoms with Crippen LogP contribution in [0.3, 0.4) is 0 Å². The predicted octanol–water partition coefficient (Wildman–Crippen LogP) is -10.8. The molecule has 0 aliphatic heterocycles. The maximum atomic E-state index is 13.8. The number of carbonyl (C=O) groups is 11. The number of carboxylic acid groups (broad SMARTS) is 1. The van der Waals surface area contributed by atoms with E-state index in [1.807, 2.05) is 0 Å². The number of carboxylic acids is 1. The molecule has 0 saturated heterocycles. The average molecular weight is 1170 g/mol. The number of hydrogen-bond donors (Lipinski definition) is 22. The summed E-state index contributed by atoms with van der Waals surface area (Å²) in [5.41, 5.74) is 38.4. The maximum absolute atomic E-state index is 13.8. The Hall–Kier alpha value is -8.51. The first kappa shape index (κ1) is 71.5. The standard InChI is InChI=1S/C47H80N18O17/c1-22(57-44(80)35(23(2)69)65-43(79)33(21-68)64-40(76)30(18-34(50)71)60-37(73)26(49)7-3-4-14-48)36(72)62-31(19-66)41(77)58-27(8-5-15-55-46(51)52)38(74)63-32(20-67)42(78)61-29(17-24-10-12-25(70)13-11-24)39(75)59-28(45(81)82)9-6-16-56-47(53)54/h10-13,22-23,26-33,35,66-70H,3-9,14-21,48-49H2,1-2H3,(H2,50,71)(H,57,80)(H,58,77)(H,59,75)(H,60,73)(H,61,78)(H,62,72)(H,63,74)(H,64,76)(H,65,79)(H,81,82)(H4,51,52,55)(H4,53,54,56)/t22-,23+,26-,27-,28-,29-,30-,31-,32-,33-,35-/m0/s1. The maximum Gasteiger partial charge on any atom is 0.326 e. The summed E-state index contributed by atoms with van der Waals surface area (Å²) in [5, 5.41) is 80.7. The first-order valence-electron chi connectivity index (χ1n) is 25.7. The third kappa shape index (κ3) is 27.1. The molecule has 460 valence electrons. The second-order valence-corrected chi connectivity index (χ2v) is 18.6. The normalized spacial score (nSPS) is 14.9. The predicted molar refractivity (Wildman–Crippen MR) is 290 cm³/mol. The van der Waals surface area contributed by atoms with Crippen LogP contribution in [0.1, 0.15) is 70.8 Å². The Morgan fingerprint density at radius 3 is 1.38 bits per heavy atom. The molecular formula is C47H80N18O17. The van der Waals surface area contributed by atoms with Gasteiger partial charge in [0.2, 0.25) is 59.1 Å². The third-order valence-electron chi connectivity index (χ3n) is 11.8. The van der Waals surface area contributed by atoms with Crippen LogP contribution in [0.2, 0.25) is 0 Å². The van der Waals surface area contributed by atoms with Crippen molar-refractivity contribution >= 4 is 77.0 Å². The SMILES string of the molecule is C[C@H](NC(=O)[C@@H](NC(=O)[C@H](CO)NC(=O)[C@H](CC(N)=O)NC(=O)[C@@H](N)CCCCN)[C@@H](C)O)C(=O)N[C@@H](CO)C(=O)N[C@@H](CCCN=C(N)N)C(=O)N[C@@H](CO)C(=O)N[C@@H](Cc1ccc(O)cc1)C(=O)N[C@@H](CCCN=C(N)N)C(=O)O. The average Bonchev–Trinajstić information content (AvgIpc) is 3.40. The van der Waals surface area contributed by atoms with Crippen molar-refractivity contribution in [3.8, 4) is 5.75 Å². The fourth-order valence-corrected chi connectivity index (χ4v) is 7.21. The van der Waals surface area contributed by atoms with Gasteiger partial charge >= 0.3 is 5.97 Å². The van der Waals surface area contributed by atoms with Gasteiger partial charge in [0.15, 0.2) is 11.9 Å². The summed E-state index contributed by atoms with van der Waals surface area (Å²) in [6.45, 7) is -0.944. The zero-order valence-electron chi connectivity index (χ0n) is 45.4. The smallest absolute Gasteiger partial charge is 0.326 e. The van der Waals surface area contributed by atoms with E-state index in [-0.39, 0.29) is 69.3 Å². The zero-order chi connectivity index (χ0) is 62.2. The van der Waals surface area contributed by atoms with Gasteiger partial charge in [-0.3, -0.25) is 57.9 Å². The highest BCUT2D eigenvalue weighted by Gasteiger charge is 2.36. The lowest BCUT2D eigenvalue weighted by molar-refractivity contribution is -0.142. The van der Waals surface area contributed by atoms with Crippen molar-refractivity contribution in [1.82, 2.24) is 47.9 Å². The summed E-state index contributed by atoms with van der Waals surface area (Å²) < 4.78 is 0. The summed E-state index contributed by atoms with van der Waals surface area (Å²) in [5.74, 6) is -13.4. The summed E-state index contributed by atoms with van der Waals surface area (Å²) in [6, 6.07) is -11.2. The van der Waals surface area contributed by atoms with Crippen LogP contribution in [0.4, 0.5) is 0 Å². The van der Waals surface area contributed by atoms with E-state index in [0.717, 1.165) is 13.8 Å². The van der Waals surface area contributed by atoms with Crippen molar-refractivity contribution in [1.29, 1.82) is 0 Å². The van der Waals surface area contributed by atoms with Crippen molar-refractivity contribution in [2.45, 2.75) is 138 Å². The highest BCUT2D eigenvalue weighted by Crippen LogP contribution is 2.13. The van der Waals surface area contributed by atoms with Gasteiger partial charge in [-0.25, -0.2) is 4.79 Å². The molecule has 0 aliphatic carbocycles. The molecule has 0 spiro atoms. The molecule has 0 saturated carbocycles. The number of aliphatic carboxylic acids is 1. The minimum atomic E-state index is -1.90. The summed E-state index contributed by atoms with van der Waals surface area (Å²) in [6.07, 6.45) is -1.93. The number of amides is 10. The molecule has 29 N–H and O–H groups in total. The molecule has 0 fully saturated rings. The fourth-order valence-electron chi connectivity index (χ4n) is 7.21. The lowest BCUT2D eigenvalue weighted by Crippen LogP contribution is -2.62. The van der Waals surface area contributed by atoms with Crippen LogP contribution in [-0.4, -0.2) is 214 Å². The van der Waals surface area contributed by atoms with Crippen LogP contribution >= 0.6 is 0 Å². The Kier molecular flexibility index (Phi) is 32.6. The Morgan fingerprint density at radius 2 is 0.915 bits per heavy atom. The molecule has 0 unspecified atom stereocenters. The van der Waals surface area contributed by atoms with Gasteiger partial charge in [0.05, 0.1) is 38.4 Å². The van der Waals surface area contributed by atoms with E-state index in [4.69, 9.17) is 40.1 Å². The molecule has 1 aromatic carbocycles. The van der Waals surface area contributed by atoms with Gasteiger partial charge in [0.1, 0.15) is 60.1 Å². The van der Waals surface area contributed by atoms with Crippen molar-refractivity contribution < 1.29 is 83.4 Å². The number of nitrogens with zero attached hydrogens (tertiary/aromatic N) is 2. The number of guanidine groups is 2. The Bertz CT molecular complexity index is 2370. The molecule has 0 bridgehead atoms. The van der Waals surface area contributed by atoms with Crippen LogP contribution in [0.5, 0.6) is 5.75 Å². The number of aliphatic hydroxyl groups excluding tert-OH is 4. The number of aliphatic imine (C=N–C) groups is 2. The Labute approximate surface area is 470 Å². The zero-order valence-corrected chi connectivity index (χ0v) is 45.4. The second-order valence-electron chi connectivity index (χ2n) is 18.6. The van der Waals surface area contributed by atoms with E-state index in [1.165, 1.54) is 24.3 Å². The number of hydrogen-bond acceptors (Lipinski definition) is 20. The molecule has 82 heavy (non-hydrogen) atoms. The highest BCUT2D eigenvalue weighted by molar-refractivity contribution is 5.99. The lowest BCUT2D eigenvalue weighted by atomic mass is 10.0. The number of nitrogens with two attached hydrogens (primary N) is 7. The number of unbranched alkanes of at least 4 members (excludes halogenated alkanes) is 1. The lowest BCUT2D eigenvalue weighted by Gasteiger charge is -2.27. The molecule has 10 amide bonds. The third-order valence-corrected chi connectivity index (χ3v) is 11.8. The van der Waals surface area contributed by atoms with E-state index < -0.39 is 158 Å². The van der Waals surface area contributed by atoms with E-state index >= 15 is 0 Å². The van der Waals surface area contributed by atoms with Crippen molar-refractivity contribution in [2.24, 2.45) is 50.1 Å². The van der Waals surface area contributed by atoms with Crippen molar-refractivity contribution in [3.63, 3.8) is 0 Å². The van der Waals surface area contributed by atoms with E-state index in [9.17, 15) is 83.4 Å². The molecule has 1 aromatic rings. The van der Waals surface area contributed by atoms with Crippen LogP contribution in [-0.2, 0) is 59.2 Å². The van der Waals surface area contributed by atoms with Crippen LogP contribution in [0.25, 0.3) is 0 Å². The van der Waals surface area contributed by atoms with Gasteiger partial charge in [-0.15, -0.1) is 0 Å². The van der Waals surface area contributed by atoms with Gasteiger partial charge in [0.25, 0.3) is 0 Å². The quantitative estimate of drug-likeness (QED) is 0.0165. The minimum Gasteiger partial charge on any atom is -0.508 e. The molecule has 0 aliphatic rings. The van der Waals surface area contributed by atoms with E-state index in [0.29, 0.717) is 24.9 Å². The topological polar surface area (TPSA) is 624 Å². The number of benzene rings is 1. The monoisotopic (exact) mass is 1170 g/mol. The Morgan fingerprint density at radius 1 is 0.500 bits per heavy atom. The summed E-state index contributed by atoms with van der Waals surface area (Å²) >= 11 is 0. The van der Waals surface area contributed by atoms with Crippen molar-refractivity contribution in [2.75, 3.05) is 39.5 Å². The number of aliphatic hydroxyl groups is 4. The first-order chi connectivity index (χ1) is 38.6. The summed E-state index contributed by atoms with van der Waals surface area (Å²) in [4.78, 5) is 152. The van der Waals surface area contributed by atoms with Gasteiger partial charge in [0, 0.05) is 19.5 Å². The Balaban J connectivity index is 3.26. The summed E-state index contributed by atoms with van der Waals surface area (Å²) in [7, 11) is 0. The van der Waals surface area contributed by atoms with Crippen molar-refractivity contribution in [3.05, 3.63) is 29.8 Å². The van der Waals surface area contributed by atoms with Crippen LogP contribution in [0, 0.1) is 0 Å². The van der Waals surface area contributed by atoms with Gasteiger partial charge in [-0.1, -0.05) is 18.6 Å². The molecule has 35 heteroatoms. The molecule has 11 atom stereocenters. The molecule has 0 radical (unpaired) electrons. The van der Waals surface area contributed by atoms with E-state index in [1.54, 1.807) is 0 Å². The van der Waals surface area contributed by atoms with Crippen LogP contribution < -0.4 is 88.0 Å². The van der Waals surface area contributed by atoms with Gasteiger partial charge < -0.3 is 119 Å². The number of phenols is 1. The number of phenolic OH excluding ortho intramolecular Hbond substituents is 1. The molecule has 0 heterocycles. The minimum absolute atomic E-state index is 0.0249. The largest absolute Gasteiger partial charge is 0.508 e. The van der Waals surface area contributed by atoms with E-state index in [2.05, 4.69) is 57.8 Å². The molecule has 35 nitrogen and oxygen atoms in total. The second kappa shape index (κ2) is 37.4. The van der Waals surface area contributed by atoms with Crippen LogP contribution in [0.15, 0.2) is 34.3 Å². The first-order valence-corrected chi connectivity index (χ1v) is 25.7. The number of primary amides is 1. The molecular weight excluding hydrogens is 1090 g/mol. The highest BCUT2D eigenvalue weighted by atomic mass is 16.4. The van der Waals surface area contributed by atoms with Gasteiger partial charge in [-0.2, -0.15) is 0 Å². The number of nitrogens with one attached hydrogen (secondary N) is 9. The fraction of sp³-hybridized carbons (Fsp3) is 0.596. The number of carbonyl (C=O) groups excluding carboxylic acids is 10.